The van der Waals surface area contributed by atoms with E-state index in [-0.39, 0.29) is 17.3 Å². The van der Waals surface area contributed by atoms with Crippen LogP contribution in [0.15, 0.2) is 18.3 Å². The summed E-state index contributed by atoms with van der Waals surface area (Å²) in [6.07, 6.45) is 1.05. The van der Waals surface area contributed by atoms with E-state index in [0.717, 1.165) is 6.20 Å². The van der Waals surface area contributed by atoms with E-state index >= 15 is 0 Å². The Bertz CT molecular complexity index is 333. The van der Waals surface area contributed by atoms with Gasteiger partial charge in [-0.3, -0.25) is 14.9 Å². The van der Waals surface area contributed by atoms with Crippen LogP contribution in [0.3, 0.4) is 0 Å². The molecule has 0 unspecified atom stereocenters. The summed E-state index contributed by atoms with van der Waals surface area (Å²) in [4.78, 5) is 24.2. The maximum atomic E-state index is 11.0. The van der Waals surface area contributed by atoms with Crippen LogP contribution in [0, 0.1) is 10.1 Å². The van der Waals surface area contributed by atoms with Crippen molar-refractivity contribution in [3.8, 4) is 0 Å². The lowest BCUT2D eigenvalue weighted by Gasteiger charge is -1.96. The van der Waals surface area contributed by atoms with Crippen molar-refractivity contribution >= 4 is 11.6 Å². The number of carbonyl (C=O) groups is 1. The van der Waals surface area contributed by atoms with Crippen molar-refractivity contribution in [2.24, 2.45) is 0 Å². The Morgan fingerprint density at radius 2 is 2.31 bits per heavy atom. The fourth-order valence-corrected chi connectivity index (χ4v) is 0.756. The molecule has 6 nitrogen and oxygen atoms in total. The van der Waals surface area contributed by atoms with Crippen molar-refractivity contribution in [1.82, 2.24) is 10.3 Å². The Morgan fingerprint density at radius 3 is 2.69 bits per heavy atom. The van der Waals surface area contributed by atoms with E-state index < -0.39 is 4.92 Å². The normalized spacial score (nSPS) is 9.31. The summed E-state index contributed by atoms with van der Waals surface area (Å²) in [5.74, 6) is -0.366. The molecule has 0 saturated heterocycles. The van der Waals surface area contributed by atoms with Crippen LogP contribution >= 0.6 is 0 Å². The van der Waals surface area contributed by atoms with E-state index in [1.54, 1.807) is 0 Å². The number of hydrogen-bond acceptors (Lipinski definition) is 4. The molecule has 1 rings (SSSR count). The standard InChI is InChI=1S/C7H7N3O3/c1-8-7(11)6-3-2-5(4-9-6)10(12)13/h2-4H,1H3,(H,8,11). The summed E-state index contributed by atoms with van der Waals surface area (Å²) in [7, 11) is 1.46. The molecule has 0 aliphatic carbocycles. The number of nitro groups is 1. The van der Waals surface area contributed by atoms with E-state index in [1.807, 2.05) is 0 Å². The molecule has 0 atom stereocenters. The van der Waals surface area contributed by atoms with Gasteiger partial charge < -0.3 is 5.32 Å². The highest BCUT2D eigenvalue weighted by Crippen LogP contribution is 2.08. The molecule has 0 saturated carbocycles. The molecular formula is C7H7N3O3. The van der Waals surface area contributed by atoms with Crippen LogP contribution in [0.4, 0.5) is 5.69 Å². The van der Waals surface area contributed by atoms with E-state index in [9.17, 15) is 14.9 Å². The third-order valence-electron chi connectivity index (χ3n) is 1.42. The summed E-state index contributed by atoms with van der Waals surface area (Å²) in [5, 5.41) is 12.6. The molecule has 0 bridgehead atoms. The highest BCUT2D eigenvalue weighted by atomic mass is 16.6. The Balaban J connectivity index is 2.93. The van der Waals surface area contributed by atoms with Crippen LogP contribution < -0.4 is 5.32 Å². The lowest BCUT2D eigenvalue weighted by Crippen LogP contribution is -2.18. The fraction of sp³-hybridized carbons (Fsp3) is 0.143. The van der Waals surface area contributed by atoms with Crippen molar-refractivity contribution in [3.63, 3.8) is 0 Å². The number of aromatic nitrogens is 1. The van der Waals surface area contributed by atoms with Crippen molar-refractivity contribution in [2.75, 3.05) is 7.05 Å². The maximum Gasteiger partial charge on any atom is 0.287 e. The SMILES string of the molecule is CNC(=O)c1ccc([N+](=O)[O-])cn1. The number of pyridine rings is 1. The van der Waals surface area contributed by atoms with Gasteiger partial charge in [-0.15, -0.1) is 0 Å². The van der Waals surface area contributed by atoms with Gasteiger partial charge in [-0.25, -0.2) is 4.98 Å². The number of nitrogens with one attached hydrogen (secondary N) is 1. The van der Waals surface area contributed by atoms with Gasteiger partial charge in [0.25, 0.3) is 11.6 Å². The van der Waals surface area contributed by atoms with Gasteiger partial charge in [-0.2, -0.15) is 0 Å². The number of hydrogen-bond donors (Lipinski definition) is 1. The molecule has 1 heterocycles. The van der Waals surface area contributed by atoms with Crippen LogP contribution in [-0.2, 0) is 0 Å². The lowest BCUT2D eigenvalue weighted by atomic mass is 10.3. The summed E-state index contributed by atoms with van der Waals surface area (Å²) in [5.41, 5.74) is 0.0285. The van der Waals surface area contributed by atoms with Gasteiger partial charge >= 0.3 is 0 Å². The number of rotatable bonds is 2. The van der Waals surface area contributed by atoms with Gasteiger partial charge in [0.1, 0.15) is 11.9 Å². The highest BCUT2D eigenvalue weighted by Gasteiger charge is 2.08. The van der Waals surface area contributed by atoms with Gasteiger partial charge in [0.05, 0.1) is 4.92 Å². The monoisotopic (exact) mass is 181 g/mol. The van der Waals surface area contributed by atoms with E-state index in [0.29, 0.717) is 0 Å². The molecule has 68 valence electrons. The Kier molecular flexibility index (Phi) is 2.53. The largest absolute Gasteiger partial charge is 0.354 e. The summed E-state index contributed by atoms with van der Waals surface area (Å²) < 4.78 is 0. The second-order valence-electron chi connectivity index (χ2n) is 2.24. The Morgan fingerprint density at radius 1 is 1.62 bits per heavy atom. The van der Waals surface area contributed by atoms with E-state index in [4.69, 9.17) is 0 Å². The summed E-state index contributed by atoms with van der Waals surface area (Å²) >= 11 is 0. The van der Waals surface area contributed by atoms with Crippen molar-refractivity contribution in [1.29, 1.82) is 0 Å². The van der Waals surface area contributed by atoms with Gasteiger partial charge in [0.15, 0.2) is 0 Å². The molecular weight excluding hydrogens is 174 g/mol. The number of nitrogens with zero attached hydrogens (tertiary/aromatic N) is 2. The summed E-state index contributed by atoms with van der Waals surface area (Å²) in [6.45, 7) is 0. The molecule has 0 spiro atoms. The molecule has 6 heteroatoms. The molecule has 1 aromatic rings. The van der Waals surface area contributed by atoms with E-state index in [2.05, 4.69) is 10.3 Å². The zero-order valence-corrected chi connectivity index (χ0v) is 6.85. The zero-order valence-electron chi connectivity index (χ0n) is 6.85. The quantitative estimate of drug-likeness (QED) is 0.526. The smallest absolute Gasteiger partial charge is 0.287 e. The minimum atomic E-state index is -0.569. The minimum absolute atomic E-state index is 0.132. The first-order valence-electron chi connectivity index (χ1n) is 3.47. The Labute approximate surface area is 73.7 Å². The molecule has 0 aliphatic heterocycles. The average molecular weight is 181 g/mol. The van der Waals surface area contributed by atoms with E-state index in [1.165, 1.54) is 19.2 Å². The second kappa shape index (κ2) is 3.61. The minimum Gasteiger partial charge on any atom is -0.354 e. The molecule has 13 heavy (non-hydrogen) atoms. The second-order valence-corrected chi connectivity index (χ2v) is 2.24. The first kappa shape index (κ1) is 9.11. The average Bonchev–Trinajstić information content (AvgIpc) is 2.17. The molecule has 0 aliphatic rings. The maximum absolute atomic E-state index is 11.0. The predicted octanol–water partition coefficient (Wildman–Crippen LogP) is 0.349. The first-order chi connectivity index (χ1) is 6.15. The highest BCUT2D eigenvalue weighted by molar-refractivity contribution is 5.92. The molecule has 0 fully saturated rings. The van der Waals surface area contributed by atoms with Crippen LogP contribution in [0.25, 0.3) is 0 Å². The number of amides is 1. The fourth-order valence-electron chi connectivity index (χ4n) is 0.756. The zero-order chi connectivity index (χ0) is 9.84. The Hall–Kier alpha value is -1.98. The summed E-state index contributed by atoms with van der Waals surface area (Å²) in [6, 6.07) is 2.54. The molecule has 1 N–H and O–H groups in total. The van der Waals surface area contributed by atoms with Crippen LogP contribution in [-0.4, -0.2) is 22.9 Å². The third kappa shape index (κ3) is 1.98. The van der Waals surface area contributed by atoms with Crippen LogP contribution in [0.5, 0.6) is 0 Å². The molecule has 0 aromatic carbocycles. The van der Waals surface area contributed by atoms with Gasteiger partial charge in [0.2, 0.25) is 0 Å². The molecule has 0 radical (unpaired) electrons. The topological polar surface area (TPSA) is 85.1 Å². The van der Waals surface area contributed by atoms with Crippen molar-refractivity contribution in [2.45, 2.75) is 0 Å². The molecule has 1 amide bonds. The van der Waals surface area contributed by atoms with Crippen molar-refractivity contribution in [3.05, 3.63) is 34.1 Å². The molecule has 1 aromatic heterocycles. The van der Waals surface area contributed by atoms with Crippen LogP contribution in [0.1, 0.15) is 10.5 Å². The third-order valence-corrected chi connectivity index (χ3v) is 1.42. The van der Waals surface area contributed by atoms with Crippen molar-refractivity contribution < 1.29 is 9.72 Å². The number of carbonyl (C=O) groups excluding carboxylic acids is 1. The van der Waals surface area contributed by atoms with Crippen LogP contribution in [0.2, 0.25) is 0 Å². The van der Waals surface area contributed by atoms with Gasteiger partial charge in [-0.05, 0) is 6.07 Å². The lowest BCUT2D eigenvalue weighted by molar-refractivity contribution is -0.385. The van der Waals surface area contributed by atoms with Gasteiger partial charge in [0, 0.05) is 13.1 Å². The first-order valence-corrected chi connectivity index (χ1v) is 3.47. The predicted molar refractivity (Wildman–Crippen MR) is 44.3 cm³/mol. The van der Waals surface area contributed by atoms with Gasteiger partial charge in [-0.1, -0.05) is 0 Å².